The van der Waals surface area contributed by atoms with Gasteiger partial charge in [-0.25, -0.2) is 0 Å². The van der Waals surface area contributed by atoms with E-state index in [0.717, 1.165) is 10.0 Å². The van der Waals surface area contributed by atoms with Crippen molar-refractivity contribution in [3.05, 3.63) is 22.2 Å². The summed E-state index contributed by atoms with van der Waals surface area (Å²) in [4.78, 5) is 0. The number of ether oxygens (including phenoxy) is 1. The molecule has 0 heterocycles. The van der Waals surface area contributed by atoms with Gasteiger partial charge in [0, 0.05) is 22.1 Å². The Labute approximate surface area is 105 Å². The first kappa shape index (κ1) is 13.3. The molecule has 2 N–H and O–H groups in total. The second-order valence-corrected chi connectivity index (χ2v) is 5.64. The zero-order valence-corrected chi connectivity index (χ0v) is 11.7. The number of aromatic hydroxyl groups is 1. The highest BCUT2D eigenvalue weighted by molar-refractivity contribution is 9.10. The Balaban J connectivity index is 2.91. The summed E-state index contributed by atoms with van der Waals surface area (Å²) in [6.07, 6.45) is 0. The van der Waals surface area contributed by atoms with E-state index in [1.54, 1.807) is 13.2 Å². The van der Waals surface area contributed by atoms with E-state index in [4.69, 9.17) is 4.74 Å². The highest BCUT2D eigenvalue weighted by Crippen LogP contribution is 2.33. The number of phenolic OH excluding ortho intramolecular Hbond substituents is 1. The second kappa shape index (κ2) is 5.06. The lowest BCUT2D eigenvalue weighted by molar-refractivity contribution is 0.364. The van der Waals surface area contributed by atoms with E-state index in [1.165, 1.54) is 0 Å². The molecule has 16 heavy (non-hydrogen) atoms. The molecule has 1 aromatic rings. The van der Waals surface area contributed by atoms with Crippen molar-refractivity contribution in [3.8, 4) is 11.5 Å². The number of rotatable bonds is 3. The first-order valence-electron chi connectivity index (χ1n) is 5.14. The van der Waals surface area contributed by atoms with Gasteiger partial charge in [0.25, 0.3) is 0 Å². The first-order chi connectivity index (χ1) is 7.33. The molecule has 0 amide bonds. The van der Waals surface area contributed by atoms with Crippen LogP contribution < -0.4 is 10.1 Å². The number of benzene rings is 1. The second-order valence-electron chi connectivity index (χ2n) is 4.72. The summed E-state index contributed by atoms with van der Waals surface area (Å²) in [5.74, 6) is 0.683. The van der Waals surface area contributed by atoms with Crippen LogP contribution >= 0.6 is 15.9 Å². The monoisotopic (exact) mass is 287 g/mol. The van der Waals surface area contributed by atoms with E-state index < -0.39 is 0 Å². The molecule has 0 aliphatic rings. The molecule has 0 fully saturated rings. The molecule has 0 aliphatic heterocycles. The standard InChI is InChI=1S/C12H18BrNO2/c1-12(2,3)14-7-8-5-9(13)6-10(16-4)11(8)15/h5-6,14-15H,7H2,1-4H3. The van der Waals surface area contributed by atoms with Crippen LogP contribution in [0.4, 0.5) is 0 Å². The SMILES string of the molecule is COc1cc(Br)cc(CNC(C)(C)C)c1O. The Bertz CT molecular complexity index is 372. The maximum absolute atomic E-state index is 9.92. The van der Waals surface area contributed by atoms with Gasteiger partial charge in [0.1, 0.15) is 0 Å². The summed E-state index contributed by atoms with van der Waals surface area (Å²) in [6.45, 7) is 6.85. The molecule has 3 nitrogen and oxygen atoms in total. The number of phenols is 1. The predicted octanol–water partition coefficient (Wildman–Crippen LogP) is 3.05. The average Bonchev–Trinajstić information content (AvgIpc) is 2.17. The third-order valence-corrected chi connectivity index (χ3v) is 2.61. The summed E-state index contributed by atoms with van der Waals surface area (Å²) in [6, 6.07) is 3.63. The Hall–Kier alpha value is -0.740. The lowest BCUT2D eigenvalue weighted by atomic mass is 10.1. The van der Waals surface area contributed by atoms with Crippen LogP contribution in [0.15, 0.2) is 16.6 Å². The Morgan fingerprint density at radius 2 is 2.00 bits per heavy atom. The minimum Gasteiger partial charge on any atom is -0.504 e. The molecule has 0 unspecified atom stereocenters. The molecule has 0 saturated heterocycles. The molecule has 0 bridgehead atoms. The summed E-state index contributed by atoms with van der Waals surface area (Å²) in [5.41, 5.74) is 0.836. The minimum absolute atomic E-state index is 0.0159. The quantitative estimate of drug-likeness (QED) is 0.898. The molecule has 0 saturated carbocycles. The van der Waals surface area contributed by atoms with E-state index in [0.29, 0.717) is 12.3 Å². The van der Waals surface area contributed by atoms with Gasteiger partial charge in [-0.3, -0.25) is 0 Å². The lowest BCUT2D eigenvalue weighted by Gasteiger charge is -2.21. The Morgan fingerprint density at radius 1 is 1.38 bits per heavy atom. The normalized spacial score (nSPS) is 11.6. The molecule has 0 atom stereocenters. The van der Waals surface area contributed by atoms with Crippen molar-refractivity contribution in [2.24, 2.45) is 0 Å². The molecule has 0 spiro atoms. The van der Waals surface area contributed by atoms with Gasteiger partial charge in [-0.1, -0.05) is 15.9 Å². The van der Waals surface area contributed by atoms with Crippen LogP contribution in [0.5, 0.6) is 11.5 Å². The highest BCUT2D eigenvalue weighted by atomic mass is 79.9. The highest BCUT2D eigenvalue weighted by Gasteiger charge is 2.13. The van der Waals surface area contributed by atoms with Crippen LogP contribution in [0, 0.1) is 0 Å². The average molecular weight is 288 g/mol. The third kappa shape index (κ3) is 3.68. The fourth-order valence-corrected chi connectivity index (χ4v) is 1.76. The van der Waals surface area contributed by atoms with Crippen LogP contribution in [0.1, 0.15) is 26.3 Å². The summed E-state index contributed by atoms with van der Waals surface area (Å²) >= 11 is 3.39. The lowest BCUT2D eigenvalue weighted by Crippen LogP contribution is -2.35. The van der Waals surface area contributed by atoms with Crippen LogP contribution in [-0.2, 0) is 6.54 Å². The molecule has 0 aliphatic carbocycles. The zero-order valence-electron chi connectivity index (χ0n) is 10.1. The fourth-order valence-electron chi connectivity index (χ4n) is 1.28. The molecule has 4 heteroatoms. The molecule has 0 aromatic heterocycles. The zero-order chi connectivity index (χ0) is 12.3. The van der Waals surface area contributed by atoms with Gasteiger partial charge in [0.05, 0.1) is 7.11 Å². The van der Waals surface area contributed by atoms with Gasteiger partial charge in [-0.05, 0) is 32.9 Å². The van der Waals surface area contributed by atoms with E-state index in [9.17, 15) is 5.11 Å². The molecule has 1 aromatic carbocycles. The number of methoxy groups -OCH3 is 1. The van der Waals surface area contributed by atoms with Gasteiger partial charge in [-0.15, -0.1) is 0 Å². The largest absolute Gasteiger partial charge is 0.504 e. The van der Waals surface area contributed by atoms with Crippen LogP contribution in [-0.4, -0.2) is 17.8 Å². The van der Waals surface area contributed by atoms with Gasteiger partial charge in [0.15, 0.2) is 11.5 Å². The maximum atomic E-state index is 9.92. The third-order valence-electron chi connectivity index (χ3n) is 2.15. The van der Waals surface area contributed by atoms with Crippen LogP contribution in [0.2, 0.25) is 0 Å². The van der Waals surface area contributed by atoms with Crippen molar-refractivity contribution in [2.45, 2.75) is 32.9 Å². The van der Waals surface area contributed by atoms with E-state index in [2.05, 4.69) is 42.0 Å². The molecule has 1 rings (SSSR count). The van der Waals surface area contributed by atoms with E-state index in [1.807, 2.05) is 6.07 Å². The summed E-state index contributed by atoms with van der Waals surface area (Å²) in [5, 5.41) is 13.2. The number of halogens is 1. The number of hydrogen-bond acceptors (Lipinski definition) is 3. The van der Waals surface area contributed by atoms with Crippen molar-refractivity contribution in [1.82, 2.24) is 5.32 Å². The number of nitrogens with one attached hydrogen (secondary N) is 1. The molecule has 0 radical (unpaired) electrons. The molecule has 90 valence electrons. The van der Waals surface area contributed by atoms with Gasteiger partial charge in [-0.2, -0.15) is 0 Å². The fraction of sp³-hybridized carbons (Fsp3) is 0.500. The van der Waals surface area contributed by atoms with Gasteiger partial charge < -0.3 is 15.2 Å². The van der Waals surface area contributed by atoms with Crippen molar-refractivity contribution < 1.29 is 9.84 Å². The summed E-state index contributed by atoms with van der Waals surface area (Å²) in [7, 11) is 1.54. The van der Waals surface area contributed by atoms with Crippen LogP contribution in [0.25, 0.3) is 0 Å². The Morgan fingerprint density at radius 3 is 2.50 bits per heavy atom. The molecular formula is C12H18BrNO2. The minimum atomic E-state index is 0.0159. The van der Waals surface area contributed by atoms with Crippen LogP contribution in [0.3, 0.4) is 0 Å². The Kier molecular flexibility index (Phi) is 4.21. The van der Waals surface area contributed by atoms with Crippen molar-refractivity contribution >= 4 is 15.9 Å². The van der Waals surface area contributed by atoms with Crippen molar-refractivity contribution in [1.29, 1.82) is 0 Å². The summed E-state index contributed by atoms with van der Waals surface area (Å²) < 4.78 is 5.99. The number of hydrogen-bond donors (Lipinski definition) is 2. The van der Waals surface area contributed by atoms with Crippen molar-refractivity contribution in [2.75, 3.05) is 7.11 Å². The predicted molar refractivity (Wildman–Crippen MR) is 69.0 cm³/mol. The topological polar surface area (TPSA) is 41.5 Å². The van der Waals surface area contributed by atoms with Crippen molar-refractivity contribution in [3.63, 3.8) is 0 Å². The molecular weight excluding hydrogens is 270 g/mol. The van der Waals surface area contributed by atoms with E-state index in [-0.39, 0.29) is 11.3 Å². The maximum Gasteiger partial charge on any atom is 0.162 e. The first-order valence-corrected chi connectivity index (χ1v) is 5.93. The van der Waals surface area contributed by atoms with Gasteiger partial charge in [0.2, 0.25) is 0 Å². The van der Waals surface area contributed by atoms with Gasteiger partial charge >= 0.3 is 0 Å². The van der Waals surface area contributed by atoms with E-state index >= 15 is 0 Å². The smallest absolute Gasteiger partial charge is 0.162 e.